The molecule has 90 valence electrons. The van der Waals surface area contributed by atoms with Crippen molar-refractivity contribution in [2.24, 2.45) is 0 Å². The molecular formula is C11H13F3O2. The van der Waals surface area contributed by atoms with Crippen LogP contribution in [-0.2, 0) is 10.7 Å². The molecule has 0 saturated carbocycles. The lowest BCUT2D eigenvalue weighted by Gasteiger charge is -2.15. The minimum atomic E-state index is -3.10. The number of hydrogen-bond acceptors (Lipinski definition) is 2. The quantitative estimate of drug-likeness (QED) is 0.744. The summed E-state index contributed by atoms with van der Waals surface area (Å²) in [5.74, 6) is -3.75. The van der Waals surface area contributed by atoms with Crippen LogP contribution in [-0.4, -0.2) is 13.9 Å². The van der Waals surface area contributed by atoms with Crippen LogP contribution in [0.3, 0.4) is 0 Å². The maximum Gasteiger partial charge on any atom is 0.270 e. The Hall–Kier alpha value is -1.23. The highest BCUT2D eigenvalue weighted by molar-refractivity contribution is 5.39. The number of rotatable bonds is 4. The van der Waals surface area contributed by atoms with Crippen molar-refractivity contribution in [2.45, 2.75) is 19.8 Å². The Balaban J connectivity index is 3.12. The van der Waals surface area contributed by atoms with Crippen LogP contribution in [0, 0.1) is 12.7 Å². The van der Waals surface area contributed by atoms with Gasteiger partial charge in [-0.25, -0.2) is 13.2 Å². The van der Waals surface area contributed by atoms with Crippen molar-refractivity contribution < 1.29 is 22.6 Å². The fraction of sp³-hybridized carbons (Fsp3) is 0.455. The van der Waals surface area contributed by atoms with Gasteiger partial charge in [-0.1, -0.05) is 0 Å². The van der Waals surface area contributed by atoms with E-state index >= 15 is 0 Å². The molecule has 0 aromatic heterocycles. The molecule has 0 heterocycles. The molecule has 2 nitrogen and oxygen atoms in total. The molecule has 0 amide bonds. The molecule has 0 radical (unpaired) electrons. The molecular weight excluding hydrogens is 221 g/mol. The van der Waals surface area contributed by atoms with Gasteiger partial charge in [-0.15, -0.1) is 0 Å². The number of hydrogen-bond donors (Lipinski definition) is 0. The summed E-state index contributed by atoms with van der Waals surface area (Å²) in [4.78, 5) is 0. The minimum absolute atomic E-state index is 0.0679. The highest BCUT2D eigenvalue weighted by Crippen LogP contribution is 2.32. The van der Waals surface area contributed by atoms with Gasteiger partial charge in [-0.3, -0.25) is 0 Å². The van der Waals surface area contributed by atoms with Crippen LogP contribution in [0.15, 0.2) is 12.1 Å². The number of halogens is 3. The van der Waals surface area contributed by atoms with Crippen LogP contribution >= 0.6 is 0 Å². The van der Waals surface area contributed by atoms with Gasteiger partial charge >= 0.3 is 0 Å². The number of benzene rings is 1. The number of ether oxygens (including phenoxy) is 2. The average Bonchev–Trinajstić information content (AvgIpc) is 2.18. The van der Waals surface area contributed by atoms with Crippen molar-refractivity contribution in [3.05, 3.63) is 29.1 Å². The van der Waals surface area contributed by atoms with E-state index in [1.54, 1.807) is 0 Å². The molecule has 1 rings (SSSR count). The molecule has 0 fully saturated rings. The van der Waals surface area contributed by atoms with E-state index in [-0.39, 0.29) is 18.1 Å². The summed E-state index contributed by atoms with van der Waals surface area (Å²) in [5, 5.41) is 0. The summed E-state index contributed by atoms with van der Waals surface area (Å²) in [6.45, 7) is 2.05. The maximum atomic E-state index is 13.3. The summed E-state index contributed by atoms with van der Waals surface area (Å²) >= 11 is 0. The van der Waals surface area contributed by atoms with E-state index < -0.39 is 17.3 Å². The fourth-order valence-electron chi connectivity index (χ4n) is 1.18. The van der Waals surface area contributed by atoms with Gasteiger partial charge in [0.1, 0.15) is 11.6 Å². The lowest BCUT2D eigenvalue weighted by molar-refractivity contribution is 0.0157. The normalized spacial score (nSPS) is 11.6. The van der Waals surface area contributed by atoms with E-state index in [9.17, 15) is 13.2 Å². The molecule has 0 N–H and O–H groups in total. The lowest BCUT2D eigenvalue weighted by Crippen LogP contribution is -2.10. The first-order chi connectivity index (χ1) is 7.36. The van der Waals surface area contributed by atoms with Crippen LogP contribution in [0.5, 0.6) is 5.75 Å². The van der Waals surface area contributed by atoms with Gasteiger partial charge in [-0.2, -0.15) is 0 Å². The minimum Gasteiger partial charge on any atom is -0.467 e. The van der Waals surface area contributed by atoms with Crippen molar-refractivity contribution >= 4 is 0 Å². The van der Waals surface area contributed by atoms with Gasteiger partial charge in [0.25, 0.3) is 5.92 Å². The first-order valence-electron chi connectivity index (χ1n) is 4.66. The van der Waals surface area contributed by atoms with E-state index in [1.165, 1.54) is 14.0 Å². The van der Waals surface area contributed by atoms with Crippen LogP contribution < -0.4 is 4.74 Å². The van der Waals surface area contributed by atoms with E-state index in [4.69, 9.17) is 4.74 Å². The summed E-state index contributed by atoms with van der Waals surface area (Å²) in [6.07, 6.45) is 0. The molecule has 16 heavy (non-hydrogen) atoms. The molecule has 0 saturated heterocycles. The van der Waals surface area contributed by atoms with Crippen molar-refractivity contribution in [2.75, 3.05) is 13.9 Å². The van der Waals surface area contributed by atoms with Gasteiger partial charge in [0.15, 0.2) is 6.79 Å². The summed E-state index contributed by atoms with van der Waals surface area (Å²) in [6, 6.07) is 1.94. The second-order valence-corrected chi connectivity index (χ2v) is 3.52. The molecule has 1 aromatic carbocycles. The van der Waals surface area contributed by atoms with Crippen LogP contribution in [0.25, 0.3) is 0 Å². The van der Waals surface area contributed by atoms with E-state index in [0.717, 1.165) is 12.1 Å². The molecule has 0 unspecified atom stereocenters. The zero-order valence-corrected chi connectivity index (χ0v) is 9.31. The standard InChI is InChI=1S/C11H13F3O2/c1-7-9(12)4-8(11(2,13)14)5-10(7)16-6-15-3/h4-5H,6H2,1-3H3. The first-order valence-corrected chi connectivity index (χ1v) is 4.66. The smallest absolute Gasteiger partial charge is 0.270 e. The van der Waals surface area contributed by atoms with Gasteiger partial charge in [0.2, 0.25) is 0 Å². The average molecular weight is 234 g/mol. The number of alkyl halides is 2. The zero-order chi connectivity index (χ0) is 12.3. The Morgan fingerprint density at radius 2 is 1.94 bits per heavy atom. The van der Waals surface area contributed by atoms with Crippen LogP contribution in [0.1, 0.15) is 18.1 Å². The third-order valence-electron chi connectivity index (χ3n) is 2.14. The van der Waals surface area contributed by atoms with Gasteiger partial charge in [0.05, 0.1) is 0 Å². The Morgan fingerprint density at radius 3 is 2.44 bits per heavy atom. The zero-order valence-electron chi connectivity index (χ0n) is 9.31. The summed E-state index contributed by atoms with van der Waals surface area (Å²) in [5.41, 5.74) is -0.230. The van der Waals surface area contributed by atoms with Crippen LogP contribution in [0.4, 0.5) is 13.2 Å². The Bertz CT molecular complexity index is 372. The molecule has 0 atom stereocenters. The third-order valence-corrected chi connectivity index (χ3v) is 2.14. The van der Waals surface area contributed by atoms with Gasteiger partial charge < -0.3 is 9.47 Å². The highest BCUT2D eigenvalue weighted by atomic mass is 19.3. The second-order valence-electron chi connectivity index (χ2n) is 3.52. The van der Waals surface area contributed by atoms with Crippen molar-refractivity contribution in [3.8, 4) is 5.75 Å². The Morgan fingerprint density at radius 1 is 1.31 bits per heavy atom. The predicted octanol–water partition coefficient (Wildman–Crippen LogP) is 3.23. The van der Waals surface area contributed by atoms with Crippen molar-refractivity contribution in [3.63, 3.8) is 0 Å². The van der Waals surface area contributed by atoms with Crippen molar-refractivity contribution in [1.29, 1.82) is 0 Å². The first kappa shape index (κ1) is 12.8. The van der Waals surface area contributed by atoms with Gasteiger partial charge in [0, 0.05) is 25.2 Å². The third kappa shape index (κ3) is 2.88. The summed E-state index contributed by atoms with van der Waals surface area (Å²) < 4.78 is 49.0. The van der Waals surface area contributed by atoms with Gasteiger partial charge in [-0.05, 0) is 19.1 Å². The maximum absolute atomic E-state index is 13.3. The van der Waals surface area contributed by atoms with E-state index in [0.29, 0.717) is 6.92 Å². The van der Waals surface area contributed by atoms with E-state index in [2.05, 4.69) is 4.74 Å². The molecule has 1 aromatic rings. The monoisotopic (exact) mass is 234 g/mol. The lowest BCUT2D eigenvalue weighted by atomic mass is 10.1. The molecule has 5 heteroatoms. The molecule has 0 aliphatic heterocycles. The van der Waals surface area contributed by atoms with Crippen LogP contribution in [0.2, 0.25) is 0 Å². The molecule has 0 aliphatic rings. The van der Waals surface area contributed by atoms with Crippen molar-refractivity contribution in [1.82, 2.24) is 0 Å². The molecule has 0 aliphatic carbocycles. The Labute approximate surface area is 92.0 Å². The topological polar surface area (TPSA) is 18.5 Å². The Kier molecular flexibility index (Phi) is 3.80. The second kappa shape index (κ2) is 4.74. The van der Waals surface area contributed by atoms with E-state index in [1.807, 2.05) is 0 Å². The molecule has 0 spiro atoms. The largest absolute Gasteiger partial charge is 0.467 e. The number of methoxy groups -OCH3 is 1. The predicted molar refractivity (Wildman–Crippen MR) is 53.2 cm³/mol. The summed E-state index contributed by atoms with van der Waals surface area (Å²) in [7, 11) is 1.39. The highest BCUT2D eigenvalue weighted by Gasteiger charge is 2.26. The fourth-order valence-corrected chi connectivity index (χ4v) is 1.18. The molecule has 0 bridgehead atoms. The SMILES string of the molecule is COCOc1cc(C(C)(F)F)cc(F)c1C.